The van der Waals surface area contributed by atoms with Gasteiger partial charge >= 0.3 is 0 Å². The van der Waals surface area contributed by atoms with E-state index in [1.807, 2.05) is 13.1 Å². The van der Waals surface area contributed by atoms with Crippen LogP contribution in [0.2, 0.25) is 5.02 Å². The quantitative estimate of drug-likeness (QED) is 0.852. The first kappa shape index (κ1) is 9.52. The largest absolute Gasteiger partial charge is 0.313 e. The molecule has 1 nitrogen and oxygen atoms in total. The molecule has 11 heavy (non-hydrogen) atoms. The number of hydrogen-bond donors (Lipinski definition) is 1. The Morgan fingerprint density at radius 3 is 2.73 bits per heavy atom. The summed E-state index contributed by atoms with van der Waals surface area (Å²) in [4.78, 5) is 1.25. The molecule has 1 unspecified atom stereocenters. The second-order valence-electron chi connectivity index (χ2n) is 2.28. The Kier molecular flexibility index (Phi) is 3.37. The van der Waals surface area contributed by atoms with Gasteiger partial charge in [-0.25, -0.2) is 0 Å². The summed E-state index contributed by atoms with van der Waals surface area (Å²) in [6, 6.07) is 2.36. The van der Waals surface area contributed by atoms with Crippen LogP contribution in [0, 0.1) is 0 Å². The standard InChI is InChI=1S/C7H9BrClNS/c1-4(10-2)6-3-5(9)7(8)11-6/h3-4,10H,1-2H3. The fourth-order valence-electron chi connectivity index (χ4n) is 0.719. The summed E-state index contributed by atoms with van der Waals surface area (Å²) in [6.07, 6.45) is 0. The van der Waals surface area contributed by atoms with Gasteiger partial charge in [-0.05, 0) is 36.0 Å². The summed E-state index contributed by atoms with van der Waals surface area (Å²) in [7, 11) is 1.94. The molecule has 62 valence electrons. The summed E-state index contributed by atoms with van der Waals surface area (Å²) < 4.78 is 1.01. The zero-order chi connectivity index (χ0) is 8.43. The highest BCUT2D eigenvalue weighted by Gasteiger charge is 2.08. The molecule has 0 aromatic carbocycles. The van der Waals surface area contributed by atoms with Gasteiger partial charge in [-0.2, -0.15) is 0 Å². The fraction of sp³-hybridized carbons (Fsp3) is 0.429. The molecule has 0 spiro atoms. The molecule has 0 saturated heterocycles. The average molecular weight is 255 g/mol. The molecule has 1 aromatic rings. The summed E-state index contributed by atoms with van der Waals surface area (Å²) in [6.45, 7) is 2.11. The van der Waals surface area contributed by atoms with E-state index in [9.17, 15) is 0 Å². The van der Waals surface area contributed by atoms with Crippen LogP contribution in [-0.4, -0.2) is 7.05 Å². The first-order chi connectivity index (χ1) is 5.15. The van der Waals surface area contributed by atoms with Crippen LogP contribution in [0.25, 0.3) is 0 Å². The summed E-state index contributed by atoms with van der Waals surface area (Å²) in [5, 5.41) is 3.95. The maximum atomic E-state index is 5.87. The topological polar surface area (TPSA) is 12.0 Å². The van der Waals surface area contributed by atoms with E-state index in [0.29, 0.717) is 6.04 Å². The molecule has 0 fully saturated rings. The maximum absolute atomic E-state index is 5.87. The van der Waals surface area contributed by atoms with Crippen LogP contribution < -0.4 is 5.32 Å². The first-order valence-electron chi connectivity index (χ1n) is 3.27. The molecule has 1 N–H and O–H groups in total. The number of nitrogens with one attached hydrogen (secondary N) is 1. The Bertz CT molecular complexity index is 229. The number of thiophene rings is 1. The van der Waals surface area contributed by atoms with Crippen molar-refractivity contribution in [1.82, 2.24) is 5.32 Å². The predicted molar refractivity (Wildman–Crippen MR) is 54.5 cm³/mol. The van der Waals surface area contributed by atoms with Crippen molar-refractivity contribution in [2.24, 2.45) is 0 Å². The summed E-state index contributed by atoms with van der Waals surface area (Å²) in [5.41, 5.74) is 0. The van der Waals surface area contributed by atoms with Crippen molar-refractivity contribution in [3.8, 4) is 0 Å². The molecule has 1 heterocycles. The highest BCUT2D eigenvalue weighted by Crippen LogP contribution is 2.34. The van der Waals surface area contributed by atoms with E-state index in [4.69, 9.17) is 11.6 Å². The molecule has 1 rings (SSSR count). The second-order valence-corrected chi connectivity index (χ2v) is 5.09. The highest BCUT2D eigenvalue weighted by atomic mass is 79.9. The van der Waals surface area contributed by atoms with Crippen molar-refractivity contribution in [2.75, 3.05) is 7.05 Å². The van der Waals surface area contributed by atoms with E-state index in [-0.39, 0.29) is 0 Å². The second kappa shape index (κ2) is 3.90. The molecule has 0 aliphatic rings. The fourth-order valence-corrected chi connectivity index (χ4v) is 2.53. The number of halogens is 2. The van der Waals surface area contributed by atoms with Crippen LogP contribution in [0.5, 0.6) is 0 Å². The van der Waals surface area contributed by atoms with Gasteiger partial charge in [-0.15, -0.1) is 11.3 Å². The molecule has 0 amide bonds. The number of hydrogen-bond acceptors (Lipinski definition) is 2. The molecule has 1 atom stereocenters. The van der Waals surface area contributed by atoms with Crippen LogP contribution in [0.15, 0.2) is 9.85 Å². The first-order valence-corrected chi connectivity index (χ1v) is 5.26. The van der Waals surface area contributed by atoms with Gasteiger partial charge in [0.15, 0.2) is 0 Å². The van der Waals surface area contributed by atoms with E-state index >= 15 is 0 Å². The normalized spacial score (nSPS) is 13.5. The molecule has 1 aromatic heterocycles. The van der Waals surface area contributed by atoms with Gasteiger partial charge < -0.3 is 5.32 Å². The minimum Gasteiger partial charge on any atom is -0.313 e. The van der Waals surface area contributed by atoms with Gasteiger partial charge in [0.05, 0.1) is 8.81 Å². The van der Waals surface area contributed by atoms with E-state index in [2.05, 4.69) is 28.2 Å². The van der Waals surface area contributed by atoms with E-state index in [1.54, 1.807) is 11.3 Å². The lowest BCUT2D eigenvalue weighted by Gasteiger charge is -2.05. The molecule has 0 saturated carbocycles. The van der Waals surface area contributed by atoms with Crippen molar-refractivity contribution in [3.05, 3.63) is 19.8 Å². The third-order valence-corrected chi connectivity index (χ3v) is 4.18. The Balaban J connectivity index is 2.88. The maximum Gasteiger partial charge on any atom is 0.0887 e. The van der Waals surface area contributed by atoms with Crippen molar-refractivity contribution in [1.29, 1.82) is 0 Å². The molecule has 0 radical (unpaired) electrons. The van der Waals surface area contributed by atoms with Gasteiger partial charge in [0.25, 0.3) is 0 Å². The smallest absolute Gasteiger partial charge is 0.0887 e. The van der Waals surface area contributed by atoms with Gasteiger partial charge in [0.2, 0.25) is 0 Å². The van der Waals surface area contributed by atoms with Gasteiger partial charge in [-0.3, -0.25) is 0 Å². The zero-order valence-electron chi connectivity index (χ0n) is 6.32. The van der Waals surface area contributed by atoms with E-state index in [0.717, 1.165) is 8.81 Å². The van der Waals surface area contributed by atoms with E-state index in [1.165, 1.54) is 4.88 Å². The monoisotopic (exact) mass is 253 g/mol. The molecular weight excluding hydrogens is 246 g/mol. The highest BCUT2D eigenvalue weighted by molar-refractivity contribution is 9.11. The lowest BCUT2D eigenvalue weighted by atomic mass is 10.3. The Morgan fingerprint density at radius 2 is 2.36 bits per heavy atom. The van der Waals surface area contributed by atoms with Crippen LogP contribution >= 0.6 is 38.9 Å². The third-order valence-electron chi connectivity index (χ3n) is 1.52. The molecule has 0 bridgehead atoms. The van der Waals surface area contributed by atoms with Crippen LogP contribution in [0.1, 0.15) is 17.8 Å². The summed E-state index contributed by atoms with van der Waals surface area (Å²) in [5.74, 6) is 0. The van der Waals surface area contributed by atoms with Crippen molar-refractivity contribution in [3.63, 3.8) is 0 Å². The van der Waals surface area contributed by atoms with Gasteiger partial charge in [0.1, 0.15) is 0 Å². The van der Waals surface area contributed by atoms with Crippen LogP contribution in [0.3, 0.4) is 0 Å². The Labute approximate surface area is 83.9 Å². The molecule has 4 heteroatoms. The Morgan fingerprint density at radius 1 is 1.73 bits per heavy atom. The SMILES string of the molecule is CNC(C)c1cc(Cl)c(Br)s1. The molecule has 0 aliphatic carbocycles. The van der Waals surface area contributed by atoms with Crippen LogP contribution in [-0.2, 0) is 0 Å². The minimum absolute atomic E-state index is 0.379. The van der Waals surface area contributed by atoms with Crippen molar-refractivity contribution < 1.29 is 0 Å². The van der Waals surface area contributed by atoms with Gasteiger partial charge in [0, 0.05) is 10.9 Å². The third kappa shape index (κ3) is 2.18. The van der Waals surface area contributed by atoms with E-state index < -0.39 is 0 Å². The van der Waals surface area contributed by atoms with Crippen molar-refractivity contribution in [2.45, 2.75) is 13.0 Å². The average Bonchev–Trinajstić information content (AvgIpc) is 2.31. The molecule has 0 aliphatic heterocycles. The zero-order valence-corrected chi connectivity index (χ0v) is 9.48. The van der Waals surface area contributed by atoms with Crippen molar-refractivity contribution >= 4 is 38.9 Å². The summed E-state index contributed by atoms with van der Waals surface area (Å²) >= 11 is 10.9. The van der Waals surface area contributed by atoms with Crippen LogP contribution in [0.4, 0.5) is 0 Å². The molecular formula is C7H9BrClNS. The predicted octanol–water partition coefficient (Wildman–Crippen LogP) is 3.44. The lowest BCUT2D eigenvalue weighted by Crippen LogP contribution is -2.10. The number of rotatable bonds is 2. The van der Waals surface area contributed by atoms with Gasteiger partial charge in [-0.1, -0.05) is 11.6 Å². The lowest BCUT2D eigenvalue weighted by molar-refractivity contribution is 0.664. The minimum atomic E-state index is 0.379. The Hall–Kier alpha value is 0.430.